The summed E-state index contributed by atoms with van der Waals surface area (Å²) in [5.41, 5.74) is 1.23. The third-order valence-electron chi connectivity index (χ3n) is 3.69. The number of nitrogens with one attached hydrogen (secondary N) is 2. The first-order valence-electron chi connectivity index (χ1n) is 6.91. The van der Waals surface area contributed by atoms with Crippen molar-refractivity contribution in [3.8, 4) is 5.75 Å². The number of hydrogen-bond acceptors (Lipinski definition) is 3. The minimum Gasteiger partial charge on any atom is -0.496 e. The van der Waals surface area contributed by atoms with Gasteiger partial charge in [-0.3, -0.25) is 0 Å². The van der Waals surface area contributed by atoms with Gasteiger partial charge in [0, 0.05) is 24.2 Å². The molecule has 1 aliphatic rings. The standard InChI is InChI=1S/C15H24N2O/c1-12(14-8-3-4-9-15(14)18-2)17-11-13-7-5-6-10-16-13/h3-4,8-9,12-13,16-17H,5-7,10-11H2,1-2H3/t12-,13?/m1/s1. The van der Waals surface area contributed by atoms with Gasteiger partial charge >= 0.3 is 0 Å². The fourth-order valence-electron chi connectivity index (χ4n) is 2.55. The van der Waals surface area contributed by atoms with Gasteiger partial charge in [0.15, 0.2) is 0 Å². The molecule has 0 spiro atoms. The molecule has 1 aromatic carbocycles. The zero-order chi connectivity index (χ0) is 12.8. The zero-order valence-electron chi connectivity index (χ0n) is 11.4. The molecule has 1 saturated heterocycles. The van der Waals surface area contributed by atoms with Crippen LogP contribution >= 0.6 is 0 Å². The van der Waals surface area contributed by atoms with Gasteiger partial charge in [0.1, 0.15) is 5.75 Å². The topological polar surface area (TPSA) is 33.3 Å². The van der Waals surface area contributed by atoms with Crippen LogP contribution in [0, 0.1) is 0 Å². The Kier molecular flexibility index (Phi) is 5.02. The number of rotatable bonds is 5. The van der Waals surface area contributed by atoms with E-state index in [-0.39, 0.29) is 0 Å². The van der Waals surface area contributed by atoms with E-state index in [2.05, 4.69) is 29.7 Å². The Morgan fingerprint density at radius 3 is 2.94 bits per heavy atom. The Hall–Kier alpha value is -1.06. The Morgan fingerprint density at radius 1 is 1.39 bits per heavy atom. The van der Waals surface area contributed by atoms with Crippen LogP contribution in [0.5, 0.6) is 5.75 Å². The predicted molar refractivity (Wildman–Crippen MR) is 75.1 cm³/mol. The van der Waals surface area contributed by atoms with Gasteiger partial charge in [-0.05, 0) is 32.4 Å². The van der Waals surface area contributed by atoms with Gasteiger partial charge < -0.3 is 15.4 Å². The highest BCUT2D eigenvalue weighted by molar-refractivity contribution is 5.35. The van der Waals surface area contributed by atoms with Crippen LogP contribution in [-0.2, 0) is 0 Å². The molecule has 0 aromatic heterocycles. The lowest BCUT2D eigenvalue weighted by molar-refractivity contribution is 0.364. The lowest BCUT2D eigenvalue weighted by atomic mass is 10.0. The van der Waals surface area contributed by atoms with Crippen LogP contribution in [-0.4, -0.2) is 26.2 Å². The van der Waals surface area contributed by atoms with Gasteiger partial charge in [-0.25, -0.2) is 0 Å². The number of para-hydroxylation sites is 1. The Balaban J connectivity index is 1.88. The van der Waals surface area contributed by atoms with Crippen molar-refractivity contribution in [3.63, 3.8) is 0 Å². The molecular formula is C15H24N2O. The molecule has 1 aromatic rings. The summed E-state index contributed by atoms with van der Waals surface area (Å²) in [6.45, 7) is 4.38. The molecule has 1 aliphatic heterocycles. The molecule has 0 aliphatic carbocycles. The molecule has 3 heteroatoms. The van der Waals surface area contributed by atoms with Crippen molar-refractivity contribution in [2.75, 3.05) is 20.2 Å². The smallest absolute Gasteiger partial charge is 0.123 e. The van der Waals surface area contributed by atoms with E-state index in [1.54, 1.807) is 7.11 Å². The molecule has 1 heterocycles. The van der Waals surface area contributed by atoms with Crippen LogP contribution in [0.1, 0.15) is 37.8 Å². The third-order valence-corrected chi connectivity index (χ3v) is 3.69. The first-order valence-corrected chi connectivity index (χ1v) is 6.91. The van der Waals surface area contributed by atoms with E-state index in [9.17, 15) is 0 Å². The van der Waals surface area contributed by atoms with Crippen molar-refractivity contribution in [1.82, 2.24) is 10.6 Å². The first-order chi connectivity index (χ1) is 8.81. The quantitative estimate of drug-likeness (QED) is 0.840. The van der Waals surface area contributed by atoms with Crippen molar-refractivity contribution in [2.24, 2.45) is 0 Å². The summed E-state index contributed by atoms with van der Waals surface area (Å²) in [5.74, 6) is 0.967. The number of methoxy groups -OCH3 is 1. The van der Waals surface area contributed by atoms with Gasteiger partial charge in [-0.2, -0.15) is 0 Å². The summed E-state index contributed by atoms with van der Waals surface area (Å²) in [6.07, 6.45) is 3.95. The summed E-state index contributed by atoms with van der Waals surface area (Å²) in [7, 11) is 1.73. The number of piperidine rings is 1. The van der Waals surface area contributed by atoms with Crippen molar-refractivity contribution >= 4 is 0 Å². The zero-order valence-corrected chi connectivity index (χ0v) is 11.4. The maximum absolute atomic E-state index is 5.40. The molecule has 0 amide bonds. The summed E-state index contributed by atoms with van der Waals surface area (Å²) in [5, 5.41) is 7.16. The maximum atomic E-state index is 5.40. The molecule has 1 fully saturated rings. The lowest BCUT2D eigenvalue weighted by Crippen LogP contribution is -2.42. The molecular weight excluding hydrogens is 224 g/mol. The van der Waals surface area contributed by atoms with E-state index < -0.39 is 0 Å². The normalized spacial score (nSPS) is 21.6. The average Bonchev–Trinajstić information content (AvgIpc) is 2.45. The van der Waals surface area contributed by atoms with Crippen LogP contribution in [0.2, 0.25) is 0 Å². The maximum Gasteiger partial charge on any atom is 0.123 e. The lowest BCUT2D eigenvalue weighted by Gasteiger charge is -2.26. The van der Waals surface area contributed by atoms with Crippen molar-refractivity contribution in [3.05, 3.63) is 29.8 Å². The van der Waals surface area contributed by atoms with Crippen LogP contribution < -0.4 is 15.4 Å². The fraction of sp³-hybridized carbons (Fsp3) is 0.600. The summed E-state index contributed by atoms with van der Waals surface area (Å²) in [6, 6.07) is 9.17. The van der Waals surface area contributed by atoms with Crippen LogP contribution in [0.4, 0.5) is 0 Å². The highest BCUT2D eigenvalue weighted by Gasteiger charge is 2.15. The molecule has 3 nitrogen and oxygen atoms in total. The van der Waals surface area contributed by atoms with Crippen LogP contribution in [0.15, 0.2) is 24.3 Å². The highest BCUT2D eigenvalue weighted by Crippen LogP contribution is 2.24. The monoisotopic (exact) mass is 248 g/mol. The van der Waals surface area contributed by atoms with E-state index in [0.29, 0.717) is 12.1 Å². The molecule has 0 radical (unpaired) electrons. The highest BCUT2D eigenvalue weighted by atomic mass is 16.5. The van der Waals surface area contributed by atoms with Crippen LogP contribution in [0.25, 0.3) is 0 Å². The molecule has 2 N–H and O–H groups in total. The molecule has 2 atom stereocenters. The molecule has 0 bridgehead atoms. The van der Waals surface area contributed by atoms with E-state index >= 15 is 0 Å². The Morgan fingerprint density at radius 2 is 2.22 bits per heavy atom. The SMILES string of the molecule is COc1ccccc1[C@@H](C)NCC1CCCCN1. The van der Waals surface area contributed by atoms with Gasteiger partial charge in [0.05, 0.1) is 7.11 Å². The number of benzene rings is 1. The van der Waals surface area contributed by atoms with E-state index in [1.807, 2.05) is 12.1 Å². The van der Waals surface area contributed by atoms with E-state index in [4.69, 9.17) is 4.74 Å². The van der Waals surface area contributed by atoms with E-state index in [0.717, 1.165) is 18.8 Å². The summed E-state index contributed by atoms with van der Waals surface area (Å²) < 4.78 is 5.40. The average molecular weight is 248 g/mol. The van der Waals surface area contributed by atoms with Crippen LogP contribution in [0.3, 0.4) is 0 Å². The minimum absolute atomic E-state index is 0.324. The second-order valence-corrected chi connectivity index (χ2v) is 5.02. The Bertz CT molecular complexity index is 361. The minimum atomic E-state index is 0.324. The van der Waals surface area contributed by atoms with E-state index in [1.165, 1.54) is 24.8 Å². The van der Waals surface area contributed by atoms with Gasteiger partial charge in [-0.15, -0.1) is 0 Å². The van der Waals surface area contributed by atoms with Gasteiger partial charge in [0.2, 0.25) is 0 Å². The molecule has 2 rings (SSSR count). The molecule has 1 unspecified atom stereocenters. The first kappa shape index (κ1) is 13.4. The molecule has 18 heavy (non-hydrogen) atoms. The van der Waals surface area contributed by atoms with Crippen molar-refractivity contribution in [2.45, 2.75) is 38.3 Å². The molecule has 100 valence electrons. The predicted octanol–water partition coefficient (Wildman–Crippen LogP) is 2.49. The Labute approximate surface area is 110 Å². The van der Waals surface area contributed by atoms with Crippen molar-refractivity contribution < 1.29 is 4.74 Å². The number of ether oxygens (including phenoxy) is 1. The number of hydrogen-bond donors (Lipinski definition) is 2. The second-order valence-electron chi connectivity index (χ2n) is 5.02. The van der Waals surface area contributed by atoms with Gasteiger partial charge in [-0.1, -0.05) is 24.6 Å². The van der Waals surface area contributed by atoms with Gasteiger partial charge in [0.25, 0.3) is 0 Å². The van der Waals surface area contributed by atoms with Crippen molar-refractivity contribution in [1.29, 1.82) is 0 Å². The molecule has 0 saturated carbocycles. The summed E-state index contributed by atoms with van der Waals surface area (Å²) >= 11 is 0. The fourth-order valence-corrected chi connectivity index (χ4v) is 2.55. The summed E-state index contributed by atoms with van der Waals surface area (Å²) in [4.78, 5) is 0. The largest absolute Gasteiger partial charge is 0.496 e. The third kappa shape index (κ3) is 3.47. The second kappa shape index (κ2) is 6.76.